The van der Waals surface area contributed by atoms with Gasteiger partial charge in [0.05, 0.1) is 6.04 Å². The summed E-state index contributed by atoms with van der Waals surface area (Å²) in [5.74, 6) is -1.08. The molecule has 2 aromatic rings. The molecule has 1 atom stereocenters. The van der Waals surface area contributed by atoms with Gasteiger partial charge in [-0.25, -0.2) is 8.78 Å². The Morgan fingerprint density at radius 1 is 1.15 bits per heavy atom. The van der Waals surface area contributed by atoms with E-state index >= 15 is 0 Å². The number of nitrogens with zero attached hydrogens (tertiary/aromatic N) is 1. The van der Waals surface area contributed by atoms with E-state index in [-0.39, 0.29) is 5.56 Å². The summed E-state index contributed by atoms with van der Waals surface area (Å²) in [5, 5.41) is 3.20. The molecule has 0 fully saturated rings. The van der Waals surface area contributed by atoms with Crippen molar-refractivity contribution in [3.63, 3.8) is 0 Å². The fraction of sp³-hybridized carbons (Fsp3) is 0.312. The van der Waals surface area contributed by atoms with E-state index in [1.807, 2.05) is 19.9 Å². The molecule has 0 bridgehead atoms. The quantitative estimate of drug-likeness (QED) is 0.899. The topological polar surface area (TPSA) is 24.9 Å². The van der Waals surface area contributed by atoms with E-state index in [1.54, 1.807) is 12.3 Å². The number of halogens is 2. The summed E-state index contributed by atoms with van der Waals surface area (Å²) in [6.45, 7) is 4.53. The van der Waals surface area contributed by atoms with Gasteiger partial charge in [-0.1, -0.05) is 19.1 Å². The minimum atomic E-state index is -0.540. The summed E-state index contributed by atoms with van der Waals surface area (Å²) in [7, 11) is 0. The van der Waals surface area contributed by atoms with Gasteiger partial charge in [-0.2, -0.15) is 0 Å². The fourth-order valence-electron chi connectivity index (χ4n) is 2.24. The summed E-state index contributed by atoms with van der Waals surface area (Å²) >= 11 is 0. The highest BCUT2D eigenvalue weighted by molar-refractivity contribution is 5.35. The van der Waals surface area contributed by atoms with Crippen molar-refractivity contribution in [2.45, 2.75) is 26.3 Å². The van der Waals surface area contributed by atoms with Gasteiger partial charge in [-0.05, 0) is 43.7 Å². The van der Waals surface area contributed by atoms with Crippen molar-refractivity contribution in [2.24, 2.45) is 0 Å². The van der Waals surface area contributed by atoms with E-state index in [9.17, 15) is 8.78 Å². The lowest BCUT2D eigenvalue weighted by Crippen LogP contribution is -2.26. The number of nitrogens with one attached hydrogen (secondary N) is 1. The molecule has 1 aromatic carbocycles. The zero-order chi connectivity index (χ0) is 14.5. The number of hydrogen-bond donors (Lipinski definition) is 1. The number of benzene rings is 1. The van der Waals surface area contributed by atoms with E-state index in [4.69, 9.17) is 0 Å². The van der Waals surface area contributed by atoms with Crippen molar-refractivity contribution in [2.75, 3.05) is 6.54 Å². The third-order valence-corrected chi connectivity index (χ3v) is 3.25. The molecule has 0 spiro atoms. The van der Waals surface area contributed by atoms with Crippen LogP contribution in [0.2, 0.25) is 0 Å². The van der Waals surface area contributed by atoms with Crippen molar-refractivity contribution >= 4 is 0 Å². The SMILES string of the molecule is CCCNC(c1cccnc1C)c1c(F)cccc1F. The second-order valence-electron chi connectivity index (χ2n) is 4.70. The molecule has 106 valence electrons. The lowest BCUT2D eigenvalue weighted by Gasteiger charge is -2.21. The Kier molecular flexibility index (Phi) is 4.79. The van der Waals surface area contributed by atoms with Gasteiger partial charge in [0, 0.05) is 17.5 Å². The van der Waals surface area contributed by atoms with Gasteiger partial charge >= 0.3 is 0 Å². The highest BCUT2D eigenvalue weighted by atomic mass is 19.1. The molecule has 1 unspecified atom stereocenters. The zero-order valence-electron chi connectivity index (χ0n) is 11.7. The van der Waals surface area contributed by atoms with Crippen molar-refractivity contribution in [1.29, 1.82) is 0 Å². The van der Waals surface area contributed by atoms with Crippen LogP contribution in [0.1, 0.15) is 36.2 Å². The Bertz CT molecular complexity index is 564. The van der Waals surface area contributed by atoms with Gasteiger partial charge in [0.15, 0.2) is 0 Å². The van der Waals surface area contributed by atoms with E-state index in [2.05, 4.69) is 10.3 Å². The molecule has 2 nitrogen and oxygen atoms in total. The Labute approximate surface area is 117 Å². The molecule has 0 aliphatic rings. The highest BCUT2D eigenvalue weighted by Crippen LogP contribution is 2.28. The van der Waals surface area contributed by atoms with Crippen LogP contribution in [0.5, 0.6) is 0 Å². The summed E-state index contributed by atoms with van der Waals surface area (Å²) in [5.41, 5.74) is 1.62. The van der Waals surface area contributed by atoms with E-state index in [0.29, 0.717) is 6.54 Å². The Hall–Kier alpha value is -1.81. The van der Waals surface area contributed by atoms with Crippen LogP contribution in [0, 0.1) is 18.6 Å². The first-order valence-corrected chi connectivity index (χ1v) is 6.74. The van der Waals surface area contributed by atoms with Gasteiger partial charge in [-0.15, -0.1) is 0 Å². The summed E-state index contributed by atoms with van der Waals surface area (Å²) < 4.78 is 28.1. The van der Waals surface area contributed by atoms with Crippen LogP contribution in [0.15, 0.2) is 36.5 Å². The molecular formula is C16H18F2N2. The number of pyridine rings is 1. The average molecular weight is 276 g/mol. The highest BCUT2D eigenvalue weighted by Gasteiger charge is 2.22. The minimum Gasteiger partial charge on any atom is -0.306 e. The van der Waals surface area contributed by atoms with Gasteiger partial charge in [0.1, 0.15) is 11.6 Å². The maximum absolute atomic E-state index is 14.0. The summed E-state index contributed by atoms with van der Waals surface area (Å²) in [6, 6.07) is 7.05. The molecule has 0 aliphatic heterocycles. The molecule has 0 aliphatic carbocycles. The predicted molar refractivity (Wildman–Crippen MR) is 75.5 cm³/mol. The largest absolute Gasteiger partial charge is 0.306 e. The van der Waals surface area contributed by atoms with E-state index in [1.165, 1.54) is 18.2 Å². The molecule has 0 saturated heterocycles. The molecule has 0 saturated carbocycles. The van der Waals surface area contributed by atoms with Crippen LogP contribution in [0.4, 0.5) is 8.78 Å². The van der Waals surface area contributed by atoms with Crippen molar-refractivity contribution in [1.82, 2.24) is 10.3 Å². The van der Waals surface area contributed by atoms with Gasteiger partial charge < -0.3 is 5.32 Å². The maximum atomic E-state index is 14.0. The number of aryl methyl sites for hydroxylation is 1. The van der Waals surface area contributed by atoms with Gasteiger partial charge in [0.25, 0.3) is 0 Å². The lowest BCUT2D eigenvalue weighted by molar-refractivity contribution is 0.501. The third-order valence-electron chi connectivity index (χ3n) is 3.25. The van der Waals surface area contributed by atoms with Crippen molar-refractivity contribution in [3.8, 4) is 0 Å². The second-order valence-corrected chi connectivity index (χ2v) is 4.70. The van der Waals surface area contributed by atoms with E-state index < -0.39 is 17.7 Å². The van der Waals surface area contributed by atoms with E-state index in [0.717, 1.165) is 17.7 Å². The molecule has 1 aromatic heterocycles. The number of hydrogen-bond acceptors (Lipinski definition) is 2. The van der Waals surface area contributed by atoms with Crippen LogP contribution in [0.25, 0.3) is 0 Å². The maximum Gasteiger partial charge on any atom is 0.131 e. The number of rotatable bonds is 5. The molecule has 2 rings (SSSR count). The first-order chi connectivity index (χ1) is 9.65. The van der Waals surface area contributed by atoms with Crippen molar-refractivity contribution < 1.29 is 8.78 Å². The number of aromatic nitrogens is 1. The molecule has 1 heterocycles. The van der Waals surface area contributed by atoms with Crippen LogP contribution in [-0.2, 0) is 0 Å². The fourth-order valence-corrected chi connectivity index (χ4v) is 2.24. The van der Waals surface area contributed by atoms with Crippen LogP contribution < -0.4 is 5.32 Å². The Morgan fingerprint density at radius 3 is 2.45 bits per heavy atom. The van der Waals surface area contributed by atoms with Crippen LogP contribution >= 0.6 is 0 Å². The molecule has 0 radical (unpaired) electrons. The minimum absolute atomic E-state index is 0.0528. The van der Waals surface area contributed by atoms with Crippen molar-refractivity contribution in [3.05, 3.63) is 65.0 Å². The average Bonchev–Trinajstić information content (AvgIpc) is 2.43. The first kappa shape index (κ1) is 14.6. The molecule has 1 N–H and O–H groups in total. The Balaban J connectivity index is 2.50. The zero-order valence-corrected chi connectivity index (χ0v) is 11.7. The summed E-state index contributed by atoms with van der Waals surface area (Å²) in [6.07, 6.45) is 2.55. The van der Waals surface area contributed by atoms with Crippen LogP contribution in [0.3, 0.4) is 0 Å². The Morgan fingerprint density at radius 2 is 1.85 bits per heavy atom. The smallest absolute Gasteiger partial charge is 0.131 e. The molecule has 20 heavy (non-hydrogen) atoms. The second kappa shape index (κ2) is 6.57. The molecule has 4 heteroatoms. The third kappa shape index (κ3) is 3.02. The molecular weight excluding hydrogens is 258 g/mol. The normalized spacial score (nSPS) is 12.4. The molecule has 0 amide bonds. The predicted octanol–water partition coefficient (Wildman–Crippen LogP) is 3.76. The first-order valence-electron chi connectivity index (χ1n) is 6.74. The van der Waals surface area contributed by atoms with Gasteiger partial charge in [0.2, 0.25) is 0 Å². The lowest BCUT2D eigenvalue weighted by atomic mass is 9.96. The van der Waals surface area contributed by atoms with Crippen LogP contribution in [-0.4, -0.2) is 11.5 Å². The standard InChI is InChI=1S/C16H18F2N2/c1-3-9-20-16(12-6-5-10-19-11(12)2)15-13(17)7-4-8-14(15)18/h4-8,10,16,20H,3,9H2,1-2H3. The monoisotopic (exact) mass is 276 g/mol. The van der Waals surface area contributed by atoms with Gasteiger partial charge in [-0.3, -0.25) is 4.98 Å². The summed E-state index contributed by atoms with van der Waals surface area (Å²) in [4.78, 5) is 4.21.